The van der Waals surface area contributed by atoms with Crippen molar-refractivity contribution < 1.29 is 13.9 Å². The van der Waals surface area contributed by atoms with Crippen LogP contribution in [0.2, 0.25) is 5.02 Å². The van der Waals surface area contributed by atoms with E-state index in [0.717, 1.165) is 61.9 Å². The highest BCUT2D eigenvalue weighted by atomic mass is 35.5. The van der Waals surface area contributed by atoms with Gasteiger partial charge in [-0.25, -0.2) is 15.0 Å². The minimum atomic E-state index is 0.541. The first-order valence-corrected chi connectivity index (χ1v) is 13.4. The second-order valence-electron chi connectivity index (χ2n) is 9.31. The number of nitrogens with zero attached hydrogens (tertiary/aromatic N) is 5. The average Bonchev–Trinajstić information content (AvgIpc) is 3.41. The van der Waals surface area contributed by atoms with Gasteiger partial charge in [-0.2, -0.15) is 0 Å². The van der Waals surface area contributed by atoms with Gasteiger partial charge in [0, 0.05) is 61.8 Å². The Labute approximate surface area is 231 Å². The molecule has 0 unspecified atom stereocenters. The summed E-state index contributed by atoms with van der Waals surface area (Å²) >= 11 is 5.96. The molecule has 8 nitrogen and oxygen atoms in total. The van der Waals surface area contributed by atoms with Crippen LogP contribution in [0.3, 0.4) is 0 Å². The zero-order valence-corrected chi connectivity index (χ0v) is 22.1. The van der Waals surface area contributed by atoms with Gasteiger partial charge in [-0.1, -0.05) is 17.7 Å². The van der Waals surface area contributed by atoms with E-state index in [2.05, 4.69) is 24.8 Å². The van der Waals surface area contributed by atoms with Gasteiger partial charge < -0.3 is 18.8 Å². The Morgan fingerprint density at radius 3 is 2.44 bits per heavy atom. The van der Waals surface area contributed by atoms with Crippen molar-refractivity contribution in [3.8, 4) is 28.7 Å². The number of piperazine rings is 1. The lowest BCUT2D eigenvalue weighted by Crippen LogP contribution is -2.47. The molecular weight excluding hydrogens is 514 g/mol. The number of hydrogen-bond donors (Lipinski definition) is 0. The van der Waals surface area contributed by atoms with E-state index >= 15 is 0 Å². The highest BCUT2D eigenvalue weighted by Gasteiger charge is 2.18. The minimum absolute atomic E-state index is 0.541. The van der Waals surface area contributed by atoms with Crippen molar-refractivity contribution in [3.05, 3.63) is 90.2 Å². The summed E-state index contributed by atoms with van der Waals surface area (Å²) in [6, 6.07) is 22.5. The molecule has 0 bridgehead atoms. The second kappa shape index (κ2) is 11.7. The van der Waals surface area contributed by atoms with E-state index in [-0.39, 0.29) is 0 Å². The first-order valence-electron chi connectivity index (χ1n) is 13.0. The van der Waals surface area contributed by atoms with Crippen LogP contribution in [0.15, 0.2) is 89.6 Å². The maximum Gasteiger partial charge on any atom is 0.227 e. The largest absolute Gasteiger partial charge is 0.494 e. The number of hydrogen-bond acceptors (Lipinski definition) is 8. The summed E-state index contributed by atoms with van der Waals surface area (Å²) in [5.41, 5.74) is 2.28. The average molecular weight is 542 g/mol. The van der Waals surface area contributed by atoms with Gasteiger partial charge in [0.05, 0.1) is 6.61 Å². The van der Waals surface area contributed by atoms with E-state index in [9.17, 15) is 0 Å². The predicted octanol–water partition coefficient (Wildman–Crippen LogP) is 6.32. The van der Waals surface area contributed by atoms with Crippen LogP contribution in [-0.2, 0) is 0 Å². The Morgan fingerprint density at radius 2 is 1.62 bits per heavy atom. The van der Waals surface area contributed by atoms with E-state index in [1.807, 2.05) is 60.7 Å². The third kappa shape index (κ3) is 6.30. The summed E-state index contributed by atoms with van der Waals surface area (Å²) in [4.78, 5) is 18.1. The lowest BCUT2D eigenvalue weighted by Gasteiger charge is -2.34. The van der Waals surface area contributed by atoms with Crippen molar-refractivity contribution in [2.75, 3.05) is 44.2 Å². The van der Waals surface area contributed by atoms with E-state index < -0.39 is 0 Å². The molecule has 0 amide bonds. The third-order valence-corrected chi connectivity index (χ3v) is 6.84. The summed E-state index contributed by atoms with van der Waals surface area (Å²) in [6.07, 6.45) is 4.53. The molecule has 1 saturated heterocycles. The fourth-order valence-electron chi connectivity index (χ4n) is 4.55. The summed E-state index contributed by atoms with van der Waals surface area (Å²) in [5.74, 6) is 3.52. The maximum atomic E-state index is 6.06. The van der Waals surface area contributed by atoms with Gasteiger partial charge in [-0.15, -0.1) is 0 Å². The van der Waals surface area contributed by atoms with Crippen LogP contribution >= 0.6 is 11.6 Å². The van der Waals surface area contributed by atoms with Gasteiger partial charge in [-0.3, -0.25) is 4.90 Å². The van der Waals surface area contributed by atoms with Crippen LogP contribution < -0.4 is 14.4 Å². The SMILES string of the molecule is Clc1ccc(Oc2ccc3nc(-c4cccc(OCCCN5CCN(c6ncccn6)CC5)c4)oc3c2)cc1. The maximum absolute atomic E-state index is 6.06. The third-order valence-electron chi connectivity index (χ3n) is 6.58. The number of rotatable bonds is 9. The smallest absolute Gasteiger partial charge is 0.227 e. The summed E-state index contributed by atoms with van der Waals surface area (Å²) < 4.78 is 18.0. The van der Waals surface area contributed by atoms with Crippen LogP contribution in [-0.4, -0.2) is 59.2 Å². The molecule has 0 atom stereocenters. The fourth-order valence-corrected chi connectivity index (χ4v) is 4.68. The Morgan fingerprint density at radius 1 is 0.821 bits per heavy atom. The zero-order valence-electron chi connectivity index (χ0n) is 21.4. The highest BCUT2D eigenvalue weighted by molar-refractivity contribution is 6.30. The van der Waals surface area contributed by atoms with Gasteiger partial charge >= 0.3 is 0 Å². The molecule has 3 heterocycles. The minimum Gasteiger partial charge on any atom is -0.494 e. The molecule has 1 aliphatic rings. The van der Waals surface area contributed by atoms with Crippen molar-refractivity contribution in [1.82, 2.24) is 19.9 Å². The van der Waals surface area contributed by atoms with E-state index in [1.54, 1.807) is 24.5 Å². The number of oxazole rings is 1. The predicted molar refractivity (Wildman–Crippen MR) is 152 cm³/mol. The molecule has 1 fully saturated rings. The molecule has 1 aliphatic heterocycles. The molecular formula is C30H28ClN5O3. The molecule has 6 rings (SSSR count). The monoisotopic (exact) mass is 541 g/mol. The van der Waals surface area contributed by atoms with Crippen LogP contribution in [0.5, 0.6) is 17.2 Å². The van der Waals surface area contributed by atoms with Crippen LogP contribution in [0, 0.1) is 0 Å². The zero-order chi connectivity index (χ0) is 26.4. The van der Waals surface area contributed by atoms with Gasteiger partial charge in [0.1, 0.15) is 22.8 Å². The van der Waals surface area contributed by atoms with Crippen LogP contribution in [0.25, 0.3) is 22.6 Å². The van der Waals surface area contributed by atoms with Crippen molar-refractivity contribution in [2.24, 2.45) is 0 Å². The fraction of sp³-hybridized carbons (Fsp3) is 0.233. The van der Waals surface area contributed by atoms with Gasteiger partial charge in [0.25, 0.3) is 0 Å². The van der Waals surface area contributed by atoms with Gasteiger partial charge in [-0.05, 0) is 67.1 Å². The number of halogens is 1. The second-order valence-corrected chi connectivity index (χ2v) is 9.75. The van der Waals surface area contributed by atoms with Crippen molar-refractivity contribution in [2.45, 2.75) is 6.42 Å². The van der Waals surface area contributed by atoms with Crippen LogP contribution in [0.4, 0.5) is 5.95 Å². The van der Waals surface area contributed by atoms with Gasteiger partial charge in [0.15, 0.2) is 5.58 Å². The molecule has 3 aromatic carbocycles. The number of fused-ring (bicyclic) bond motifs is 1. The molecule has 0 spiro atoms. The summed E-state index contributed by atoms with van der Waals surface area (Å²) in [7, 11) is 0. The first kappa shape index (κ1) is 25.2. The highest BCUT2D eigenvalue weighted by Crippen LogP contribution is 2.31. The van der Waals surface area contributed by atoms with Crippen LogP contribution in [0.1, 0.15) is 6.42 Å². The molecule has 0 saturated carbocycles. The standard InChI is InChI=1S/C30H28ClN5O3/c31-23-6-8-24(9-7-23)38-26-10-11-27-28(21-26)39-29(34-27)22-4-1-5-25(20-22)37-19-3-14-35-15-17-36(18-16-35)30-32-12-2-13-33-30/h1-2,4-13,20-21H,3,14-19H2. The quantitative estimate of drug-likeness (QED) is 0.201. The molecule has 0 radical (unpaired) electrons. The normalized spacial score (nSPS) is 14.0. The van der Waals surface area contributed by atoms with Gasteiger partial charge in [0.2, 0.25) is 11.8 Å². The van der Waals surface area contributed by atoms with E-state index in [1.165, 1.54) is 0 Å². The Kier molecular flexibility index (Phi) is 7.56. The molecule has 198 valence electrons. The Balaban J connectivity index is 1.01. The Bertz CT molecular complexity index is 1520. The number of benzene rings is 3. The Hall–Kier alpha value is -4.14. The molecule has 0 aliphatic carbocycles. The molecule has 9 heteroatoms. The van der Waals surface area contributed by atoms with Crippen molar-refractivity contribution in [1.29, 1.82) is 0 Å². The summed E-state index contributed by atoms with van der Waals surface area (Å²) in [5, 5.41) is 0.664. The lowest BCUT2D eigenvalue weighted by atomic mass is 10.2. The lowest BCUT2D eigenvalue weighted by molar-refractivity contribution is 0.224. The number of ether oxygens (including phenoxy) is 2. The number of aromatic nitrogens is 3. The molecule has 2 aromatic heterocycles. The first-order chi connectivity index (χ1) is 19.2. The van der Waals surface area contributed by atoms with E-state index in [0.29, 0.717) is 34.6 Å². The molecule has 0 N–H and O–H groups in total. The topological polar surface area (TPSA) is 76.8 Å². The number of anilines is 1. The molecule has 39 heavy (non-hydrogen) atoms. The molecule has 5 aromatic rings. The summed E-state index contributed by atoms with van der Waals surface area (Å²) in [6.45, 7) is 5.51. The van der Waals surface area contributed by atoms with Crippen molar-refractivity contribution in [3.63, 3.8) is 0 Å². The van der Waals surface area contributed by atoms with E-state index in [4.69, 9.17) is 25.5 Å². The van der Waals surface area contributed by atoms with Crippen molar-refractivity contribution >= 4 is 28.6 Å².